The van der Waals surface area contributed by atoms with E-state index in [0.717, 1.165) is 5.69 Å². The fourth-order valence-electron chi connectivity index (χ4n) is 2.29. The Morgan fingerprint density at radius 1 is 1.24 bits per heavy atom. The quantitative estimate of drug-likeness (QED) is 0.812. The molecule has 5 nitrogen and oxygen atoms in total. The van der Waals surface area contributed by atoms with Gasteiger partial charge in [-0.2, -0.15) is 0 Å². The predicted octanol–water partition coefficient (Wildman–Crippen LogP) is 2.34. The normalized spacial score (nSPS) is 21.1. The molecule has 0 amide bonds. The number of rotatable bonds is 3. The molecule has 1 aliphatic heterocycles. The zero-order valence-corrected chi connectivity index (χ0v) is 11.6. The maximum absolute atomic E-state index is 12.0. The Balaban J connectivity index is 1.69. The summed E-state index contributed by atoms with van der Waals surface area (Å²) in [6.45, 7) is 1.78. The number of cyclic esters (lactones) is 1. The van der Waals surface area contributed by atoms with E-state index < -0.39 is 18.0 Å². The molecule has 2 heterocycles. The van der Waals surface area contributed by atoms with E-state index in [1.165, 1.54) is 0 Å². The van der Waals surface area contributed by atoms with E-state index in [9.17, 15) is 9.59 Å². The summed E-state index contributed by atoms with van der Waals surface area (Å²) in [6, 6.07) is 10.9. The van der Waals surface area contributed by atoms with Crippen LogP contribution in [0.25, 0.3) is 5.69 Å². The molecule has 1 aromatic heterocycles. The fourth-order valence-corrected chi connectivity index (χ4v) is 2.29. The highest BCUT2D eigenvalue weighted by molar-refractivity contribution is 5.92. The summed E-state index contributed by atoms with van der Waals surface area (Å²) in [5.41, 5.74) is 1.36. The number of hydrogen-bond acceptors (Lipinski definition) is 4. The van der Waals surface area contributed by atoms with E-state index in [1.54, 1.807) is 19.1 Å². The molecular weight excluding hydrogens is 270 g/mol. The van der Waals surface area contributed by atoms with Crippen LogP contribution in [0.1, 0.15) is 23.7 Å². The highest BCUT2D eigenvalue weighted by Crippen LogP contribution is 2.19. The van der Waals surface area contributed by atoms with Gasteiger partial charge in [0.05, 0.1) is 5.56 Å². The molecule has 108 valence electrons. The van der Waals surface area contributed by atoms with Crippen molar-refractivity contribution in [1.82, 2.24) is 4.57 Å². The van der Waals surface area contributed by atoms with Gasteiger partial charge in [-0.05, 0) is 43.3 Å². The molecule has 1 aromatic carbocycles. The van der Waals surface area contributed by atoms with Gasteiger partial charge in [0.1, 0.15) is 6.10 Å². The average molecular weight is 285 g/mol. The molecule has 3 rings (SSSR count). The lowest BCUT2D eigenvalue weighted by Gasteiger charge is -2.09. The third-order valence-electron chi connectivity index (χ3n) is 3.38. The third kappa shape index (κ3) is 2.81. The van der Waals surface area contributed by atoms with Crippen molar-refractivity contribution in [1.29, 1.82) is 0 Å². The van der Waals surface area contributed by atoms with E-state index in [1.807, 2.05) is 41.2 Å². The Morgan fingerprint density at radius 2 is 1.90 bits per heavy atom. The Labute approximate surface area is 122 Å². The zero-order chi connectivity index (χ0) is 14.8. The first-order valence-electron chi connectivity index (χ1n) is 6.78. The van der Waals surface area contributed by atoms with Crippen molar-refractivity contribution < 1.29 is 19.1 Å². The Kier molecular flexibility index (Phi) is 3.48. The van der Waals surface area contributed by atoms with Gasteiger partial charge in [0.15, 0.2) is 0 Å². The molecule has 0 aliphatic carbocycles. The summed E-state index contributed by atoms with van der Waals surface area (Å²) in [4.78, 5) is 23.5. The van der Waals surface area contributed by atoms with Gasteiger partial charge in [-0.25, -0.2) is 9.59 Å². The first-order chi connectivity index (χ1) is 10.1. The summed E-state index contributed by atoms with van der Waals surface area (Å²) in [7, 11) is 0. The maximum atomic E-state index is 12.0. The maximum Gasteiger partial charge on any atom is 0.347 e. The molecule has 1 aliphatic rings. The molecule has 0 saturated carbocycles. The van der Waals surface area contributed by atoms with Crippen molar-refractivity contribution in [2.45, 2.75) is 25.6 Å². The lowest BCUT2D eigenvalue weighted by Crippen LogP contribution is -2.22. The van der Waals surface area contributed by atoms with E-state index >= 15 is 0 Å². The molecule has 0 spiro atoms. The van der Waals surface area contributed by atoms with Gasteiger partial charge >= 0.3 is 11.9 Å². The van der Waals surface area contributed by atoms with Gasteiger partial charge in [-0.3, -0.25) is 0 Å². The van der Waals surface area contributed by atoms with Crippen LogP contribution in [0.15, 0.2) is 48.8 Å². The van der Waals surface area contributed by atoms with Crippen molar-refractivity contribution >= 4 is 11.9 Å². The second-order valence-electron chi connectivity index (χ2n) is 5.01. The van der Waals surface area contributed by atoms with Crippen molar-refractivity contribution in [3.8, 4) is 5.69 Å². The monoisotopic (exact) mass is 285 g/mol. The van der Waals surface area contributed by atoms with Gasteiger partial charge < -0.3 is 14.0 Å². The molecule has 0 radical (unpaired) electrons. The third-order valence-corrected chi connectivity index (χ3v) is 3.38. The first-order valence-corrected chi connectivity index (χ1v) is 6.78. The highest BCUT2D eigenvalue weighted by Gasteiger charge is 2.35. The smallest absolute Gasteiger partial charge is 0.347 e. The first kappa shape index (κ1) is 13.4. The van der Waals surface area contributed by atoms with Crippen LogP contribution in [0.2, 0.25) is 0 Å². The number of aromatic nitrogens is 1. The highest BCUT2D eigenvalue weighted by atomic mass is 16.6. The molecule has 5 heteroatoms. The van der Waals surface area contributed by atoms with Crippen LogP contribution in [0.3, 0.4) is 0 Å². The van der Waals surface area contributed by atoms with Crippen molar-refractivity contribution in [3.05, 3.63) is 54.4 Å². The molecule has 2 atom stereocenters. The topological polar surface area (TPSA) is 57.5 Å². The van der Waals surface area contributed by atoms with Crippen LogP contribution < -0.4 is 0 Å². The van der Waals surface area contributed by atoms with Crippen LogP contribution in [0.4, 0.5) is 0 Å². The minimum absolute atomic E-state index is 0.202. The predicted molar refractivity (Wildman–Crippen MR) is 75.1 cm³/mol. The van der Waals surface area contributed by atoms with E-state index in [4.69, 9.17) is 9.47 Å². The van der Waals surface area contributed by atoms with Crippen LogP contribution >= 0.6 is 0 Å². The number of carbonyl (C=O) groups is 2. The number of ether oxygens (including phenoxy) is 2. The Morgan fingerprint density at radius 3 is 2.48 bits per heavy atom. The SMILES string of the molecule is C[C@H]1C[C@@H](OC(=O)c2ccc(-n3cccc3)cc2)C(=O)O1. The van der Waals surface area contributed by atoms with Crippen molar-refractivity contribution in [2.24, 2.45) is 0 Å². The minimum atomic E-state index is -0.795. The minimum Gasteiger partial charge on any atom is -0.460 e. The number of carbonyl (C=O) groups excluding carboxylic acids is 2. The molecule has 0 unspecified atom stereocenters. The summed E-state index contributed by atoms with van der Waals surface area (Å²) >= 11 is 0. The second-order valence-corrected chi connectivity index (χ2v) is 5.01. The lowest BCUT2D eigenvalue weighted by atomic mass is 10.2. The van der Waals surface area contributed by atoms with Gasteiger partial charge in [0.2, 0.25) is 6.10 Å². The Bertz CT molecular complexity index is 645. The molecular formula is C16H15NO4. The Hall–Kier alpha value is -2.56. The van der Waals surface area contributed by atoms with Crippen molar-refractivity contribution in [3.63, 3.8) is 0 Å². The molecule has 0 N–H and O–H groups in total. The molecule has 0 bridgehead atoms. The lowest BCUT2D eigenvalue weighted by molar-refractivity contribution is -0.147. The molecule has 1 fully saturated rings. The number of esters is 2. The summed E-state index contributed by atoms with van der Waals surface area (Å²) < 4.78 is 12.1. The van der Waals surface area contributed by atoms with Crippen LogP contribution in [-0.2, 0) is 14.3 Å². The van der Waals surface area contributed by atoms with Crippen LogP contribution in [-0.4, -0.2) is 28.7 Å². The van der Waals surface area contributed by atoms with E-state index in [0.29, 0.717) is 12.0 Å². The summed E-state index contributed by atoms with van der Waals surface area (Å²) in [5.74, 6) is -0.982. The van der Waals surface area contributed by atoms with E-state index in [2.05, 4.69) is 0 Å². The van der Waals surface area contributed by atoms with Crippen molar-refractivity contribution in [2.75, 3.05) is 0 Å². The second kappa shape index (κ2) is 5.44. The molecule has 2 aromatic rings. The fraction of sp³-hybridized carbons (Fsp3) is 0.250. The molecule has 21 heavy (non-hydrogen) atoms. The number of hydrogen-bond donors (Lipinski definition) is 0. The van der Waals surface area contributed by atoms with Gasteiger partial charge in [-0.1, -0.05) is 0 Å². The average Bonchev–Trinajstić information content (AvgIpc) is 3.10. The van der Waals surface area contributed by atoms with Gasteiger partial charge in [-0.15, -0.1) is 0 Å². The number of nitrogens with zero attached hydrogens (tertiary/aromatic N) is 1. The van der Waals surface area contributed by atoms with Crippen LogP contribution in [0.5, 0.6) is 0 Å². The number of benzene rings is 1. The molecule has 1 saturated heterocycles. The van der Waals surface area contributed by atoms with Crippen LogP contribution in [0, 0.1) is 0 Å². The van der Waals surface area contributed by atoms with Gasteiger partial charge in [0.25, 0.3) is 0 Å². The standard InChI is InChI=1S/C16H15NO4/c1-11-10-14(16(19)20-11)21-15(18)12-4-6-13(7-5-12)17-8-2-3-9-17/h2-9,11,14H,10H2,1H3/t11-,14+/m0/s1. The largest absolute Gasteiger partial charge is 0.460 e. The zero-order valence-electron chi connectivity index (χ0n) is 11.6. The van der Waals surface area contributed by atoms with E-state index in [-0.39, 0.29) is 6.10 Å². The summed E-state index contributed by atoms with van der Waals surface area (Å²) in [6.07, 6.45) is 3.25. The van der Waals surface area contributed by atoms with Gasteiger partial charge in [0, 0.05) is 24.5 Å². The summed E-state index contributed by atoms with van der Waals surface area (Å²) in [5, 5.41) is 0.